The summed E-state index contributed by atoms with van der Waals surface area (Å²) in [7, 11) is 0. The molecular weight excluding hydrogens is 140 g/mol. The summed E-state index contributed by atoms with van der Waals surface area (Å²) in [4.78, 5) is 0. The Labute approximate surface area is 64.8 Å². The van der Waals surface area contributed by atoms with Gasteiger partial charge < -0.3 is 5.73 Å². The van der Waals surface area contributed by atoms with E-state index in [9.17, 15) is 0 Å². The van der Waals surface area contributed by atoms with Gasteiger partial charge in [0.15, 0.2) is 0 Å². The van der Waals surface area contributed by atoms with Crippen molar-refractivity contribution >= 4 is 0 Å². The fraction of sp³-hybridized carbons (Fsp3) is 0.286. The molecule has 0 fully saturated rings. The maximum Gasteiger partial charge on any atom is 0.149 e. The van der Waals surface area contributed by atoms with Crippen LogP contribution in [-0.2, 0) is 0 Å². The minimum Gasteiger partial charge on any atom is -0.399 e. The molecule has 11 heavy (non-hydrogen) atoms. The summed E-state index contributed by atoms with van der Waals surface area (Å²) < 4.78 is 0. The summed E-state index contributed by atoms with van der Waals surface area (Å²) in [5, 5.41) is 25.0. The Morgan fingerprint density at radius 3 is 2.00 bits per heavy atom. The Hall–Kier alpha value is -1.99. The van der Waals surface area contributed by atoms with Crippen molar-refractivity contribution in [1.82, 2.24) is 0 Å². The van der Waals surface area contributed by atoms with Crippen molar-refractivity contribution in [1.29, 1.82) is 15.8 Å². The van der Waals surface area contributed by atoms with Crippen molar-refractivity contribution < 1.29 is 0 Å². The lowest BCUT2D eigenvalue weighted by Crippen LogP contribution is -2.09. The average Bonchev–Trinajstić information content (AvgIpc) is 2.05. The van der Waals surface area contributed by atoms with Gasteiger partial charge in [0.2, 0.25) is 0 Å². The predicted octanol–water partition coefficient (Wildman–Crippen LogP) is 0.406. The SMILES string of the molecule is C[C@H](C#N)C(N)=C(C#N)C#N. The van der Waals surface area contributed by atoms with Crippen molar-refractivity contribution in [3.05, 3.63) is 11.3 Å². The second-order valence-corrected chi connectivity index (χ2v) is 1.90. The van der Waals surface area contributed by atoms with Crippen LogP contribution in [-0.4, -0.2) is 0 Å². The third kappa shape index (κ3) is 2.01. The van der Waals surface area contributed by atoms with Gasteiger partial charge in [-0.1, -0.05) is 0 Å². The second kappa shape index (κ2) is 3.93. The quantitative estimate of drug-likeness (QED) is 0.541. The number of nitriles is 3. The van der Waals surface area contributed by atoms with E-state index in [1.165, 1.54) is 6.92 Å². The average molecular weight is 146 g/mol. The molecule has 0 unspecified atom stereocenters. The molecule has 0 spiro atoms. The third-order valence-corrected chi connectivity index (χ3v) is 1.17. The Morgan fingerprint density at radius 2 is 1.73 bits per heavy atom. The first-order valence-electron chi connectivity index (χ1n) is 2.86. The minimum absolute atomic E-state index is 0.0394. The van der Waals surface area contributed by atoms with Gasteiger partial charge in [0.05, 0.1) is 17.7 Å². The Morgan fingerprint density at radius 1 is 1.27 bits per heavy atom. The molecule has 0 rings (SSSR count). The van der Waals surface area contributed by atoms with Crippen molar-refractivity contribution in [3.63, 3.8) is 0 Å². The van der Waals surface area contributed by atoms with Crippen molar-refractivity contribution in [3.8, 4) is 18.2 Å². The highest BCUT2D eigenvalue weighted by Gasteiger charge is 2.08. The van der Waals surface area contributed by atoms with Crippen molar-refractivity contribution in [2.24, 2.45) is 11.7 Å². The summed E-state index contributed by atoms with van der Waals surface area (Å²) in [6.45, 7) is 1.53. The molecule has 0 aliphatic rings. The molecule has 0 aromatic rings. The van der Waals surface area contributed by atoms with Crippen molar-refractivity contribution in [2.75, 3.05) is 0 Å². The topological polar surface area (TPSA) is 97.4 Å². The molecule has 0 aromatic carbocycles. The highest BCUT2D eigenvalue weighted by Crippen LogP contribution is 2.06. The zero-order valence-corrected chi connectivity index (χ0v) is 6.00. The molecule has 0 saturated carbocycles. The van der Waals surface area contributed by atoms with Gasteiger partial charge in [-0.05, 0) is 6.92 Å². The Balaban J connectivity index is 4.87. The number of allylic oxidation sites excluding steroid dienone is 2. The molecule has 1 atom stereocenters. The van der Waals surface area contributed by atoms with Crippen LogP contribution in [0.4, 0.5) is 0 Å². The third-order valence-electron chi connectivity index (χ3n) is 1.17. The van der Waals surface area contributed by atoms with Crippen LogP contribution >= 0.6 is 0 Å². The van der Waals surface area contributed by atoms with Crippen LogP contribution in [0.3, 0.4) is 0 Å². The molecule has 0 aromatic heterocycles. The van der Waals surface area contributed by atoms with E-state index in [4.69, 9.17) is 21.5 Å². The molecule has 0 radical (unpaired) electrons. The van der Waals surface area contributed by atoms with Crippen LogP contribution in [0.2, 0.25) is 0 Å². The number of rotatable bonds is 1. The van der Waals surface area contributed by atoms with Crippen LogP contribution in [0, 0.1) is 39.9 Å². The fourth-order valence-electron chi connectivity index (χ4n) is 0.440. The first kappa shape index (κ1) is 9.01. The highest BCUT2D eigenvalue weighted by molar-refractivity contribution is 5.40. The van der Waals surface area contributed by atoms with Crippen LogP contribution in [0.25, 0.3) is 0 Å². The summed E-state index contributed by atoms with van der Waals surface area (Å²) in [6, 6.07) is 5.05. The monoisotopic (exact) mass is 146 g/mol. The van der Waals surface area contributed by atoms with E-state index in [1.807, 2.05) is 6.07 Å². The molecule has 0 amide bonds. The fourth-order valence-corrected chi connectivity index (χ4v) is 0.440. The summed E-state index contributed by atoms with van der Waals surface area (Å²) in [6.07, 6.45) is 0. The molecule has 54 valence electrons. The summed E-state index contributed by atoms with van der Waals surface area (Å²) in [5.41, 5.74) is 5.16. The van der Waals surface area contributed by atoms with Crippen LogP contribution < -0.4 is 5.73 Å². The lowest BCUT2D eigenvalue weighted by molar-refractivity contribution is 0.856. The van der Waals surface area contributed by atoms with E-state index in [-0.39, 0.29) is 11.3 Å². The van der Waals surface area contributed by atoms with Gasteiger partial charge in [-0.3, -0.25) is 0 Å². The van der Waals surface area contributed by atoms with Gasteiger partial charge >= 0.3 is 0 Å². The van der Waals surface area contributed by atoms with E-state index >= 15 is 0 Å². The molecule has 0 bridgehead atoms. The van der Waals surface area contributed by atoms with Gasteiger partial charge in [-0.25, -0.2) is 0 Å². The number of nitrogens with two attached hydrogens (primary N) is 1. The lowest BCUT2D eigenvalue weighted by Gasteiger charge is -1.99. The van der Waals surface area contributed by atoms with Gasteiger partial charge in [-0.15, -0.1) is 0 Å². The molecule has 4 nitrogen and oxygen atoms in total. The zero-order valence-electron chi connectivity index (χ0n) is 6.00. The largest absolute Gasteiger partial charge is 0.399 e. The molecular formula is C7H6N4. The smallest absolute Gasteiger partial charge is 0.149 e. The van der Waals surface area contributed by atoms with E-state index in [1.54, 1.807) is 12.1 Å². The first-order chi connectivity index (χ1) is 5.17. The Kier molecular flexibility index (Phi) is 3.22. The maximum absolute atomic E-state index is 8.36. The maximum atomic E-state index is 8.36. The number of hydrogen-bond donors (Lipinski definition) is 1. The van der Waals surface area contributed by atoms with Gasteiger partial charge in [0.1, 0.15) is 17.7 Å². The minimum atomic E-state index is -0.579. The zero-order chi connectivity index (χ0) is 8.85. The van der Waals surface area contributed by atoms with E-state index in [0.29, 0.717) is 0 Å². The predicted molar refractivity (Wildman–Crippen MR) is 37.2 cm³/mol. The first-order valence-corrected chi connectivity index (χ1v) is 2.86. The molecule has 0 heterocycles. The van der Waals surface area contributed by atoms with E-state index in [0.717, 1.165) is 0 Å². The van der Waals surface area contributed by atoms with Crippen LogP contribution in [0.1, 0.15) is 6.92 Å². The van der Waals surface area contributed by atoms with Gasteiger partial charge in [0.25, 0.3) is 0 Å². The molecule has 4 heteroatoms. The van der Waals surface area contributed by atoms with Crippen LogP contribution in [0.5, 0.6) is 0 Å². The molecule has 0 aliphatic carbocycles. The normalized spacial score (nSPS) is 10.0. The standard InChI is InChI=1S/C7H6N4/c1-5(2-8)7(11)6(3-9)4-10/h5H,11H2,1H3/t5-/m1/s1. The number of hydrogen-bond acceptors (Lipinski definition) is 4. The van der Waals surface area contributed by atoms with Gasteiger partial charge in [-0.2, -0.15) is 15.8 Å². The second-order valence-electron chi connectivity index (χ2n) is 1.90. The summed E-state index contributed by atoms with van der Waals surface area (Å²) in [5.74, 6) is -0.579. The van der Waals surface area contributed by atoms with E-state index < -0.39 is 5.92 Å². The van der Waals surface area contributed by atoms with Gasteiger partial charge in [0, 0.05) is 0 Å². The molecule has 0 saturated heterocycles. The Bertz CT molecular complexity index is 278. The molecule has 2 N–H and O–H groups in total. The van der Waals surface area contributed by atoms with Crippen LogP contribution in [0.15, 0.2) is 11.3 Å². The summed E-state index contributed by atoms with van der Waals surface area (Å²) >= 11 is 0. The lowest BCUT2D eigenvalue weighted by atomic mass is 10.1. The molecule has 0 aliphatic heterocycles. The number of nitrogens with zero attached hydrogens (tertiary/aromatic N) is 3. The van der Waals surface area contributed by atoms with E-state index in [2.05, 4.69) is 0 Å². The van der Waals surface area contributed by atoms with Crippen molar-refractivity contribution in [2.45, 2.75) is 6.92 Å². The highest BCUT2D eigenvalue weighted by atomic mass is 14.6.